The van der Waals surface area contributed by atoms with E-state index in [0.717, 1.165) is 52.8 Å². The molecule has 0 saturated carbocycles. The third-order valence-electron chi connectivity index (χ3n) is 5.00. The fraction of sp³-hybridized carbons (Fsp3) is 0.238. The minimum absolute atomic E-state index is 0.510. The molecule has 1 aliphatic rings. The van der Waals surface area contributed by atoms with E-state index < -0.39 is 0 Å². The van der Waals surface area contributed by atoms with Crippen molar-refractivity contribution in [3.63, 3.8) is 0 Å². The Labute approximate surface area is 168 Å². The molecule has 1 aromatic carbocycles. The van der Waals surface area contributed by atoms with Crippen molar-refractivity contribution in [3.05, 3.63) is 54.7 Å². The molecule has 1 aliphatic heterocycles. The number of benzene rings is 1. The quantitative estimate of drug-likeness (QED) is 0.520. The maximum atomic E-state index is 5.29. The number of fused-ring (bicyclic) bond motifs is 1. The number of nitrogens with one attached hydrogen (secondary N) is 2. The molecule has 0 bridgehead atoms. The van der Waals surface area contributed by atoms with Gasteiger partial charge >= 0.3 is 0 Å². The van der Waals surface area contributed by atoms with Crippen LogP contribution in [0.2, 0.25) is 0 Å². The van der Waals surface area contributed by atoms with Gasteiger partial charge in [-0.25, -0.2) is 15.0 Å². The zero-order chi connectivity index (χ0) is 19.6. The summed E-state index contributed by atoms with van der Waals surface area (Å²) in [5.41, 5.74) is 4.23. The lowest BCUT2D eigenvalue weighted by Crippen LogP contribution is -2.18. The minimum Gasteiger partial charge on any atom is -0.443 e. The minimum atomic E-state index is 0.510. The van der Waals surface area contributed by atoms with Crippen LogP contribution in [-0.4, -0.2) is 33.0 Å². The van der Waals surface area contributed by atoms with Gasteiger partial charge in [-0.15, -0.1) is 0 Å². The predicted octanol–water partition coefficient (Wildman–Crippen LogP) is 4.41. The molecule has 0 aliphatic carbocycles. The average molecular weight is 387 g/mol. The highest BCUT2D eigenvalue weighted by Gasteiger charge is 2.13. The van der Waals surface area contributed by atoms with Crippen molar-refractivity contribution in [1.29, 1.82) is 0 Å². The van der Waals surface area contributed by atoms with Crippen molar-refractivity contribution >= 4 is 40.1 Å². The van der Waals surface area contributed by atoms with Crippen molar-refractivity contribution in [1.82, 2.24) is 19.9 Å². The summed E-state index contributed by atoms with van der Waals surface area (Å²) in [6.07, 6.45) is 7.52. The number of nitrogens with zero attached hydrogens (tertiary/aromatic N) is 5. The highest BCUT2D eigenvalue weighted by molar-refractivity contribution is 5.78. The maximum Gasteiger partial charge on any atom is 0.229 e. The van der Waals surface area contributed by atoms with Gasteiger partial charge in [0.05, 0.1) is 11.9 Å². The number of anilines is 5. The third kappa shape index (κ3) is 3.69. The summed E-state index contributed by atoms with van der Waals surface area (Å²) in [6, 6.07) is 9.79. The summed E-state index contributed by atoms with van der Waals surface area (Å²) in [5.74, 6) is 2.26. The topological polar surface area (TPSA) is 92.0 Å². The third-order valence-corrected chi connectivity index (χ3v) is 5.00. The molecule has 3 aromatic heterocycles. The molecule has 4 heterocycles. The first kappa shape index (κ1) is 17.4. The van der Waals surface area contributed by atoms with Crippen molar-refractivity contribution in [2.45, 2.75) is 19.8 Å². The van der Waals surface area contributed by atoms with E-state index in [4.69, 9.17) is 4.42 Å². The van der Waals surface area contributed by atoms with Crippen LogP contribution in [0.25, 0.3) is 11.1 Å². The molecule has 8 heteroatoms. The van der Waals surface area contributed by atoms with Gasteiger partial charge < -0.3 is 20.0 Å². The van der Waals surface area contributed by atoms with Gasteiger partial charge in [-0.05, 0) is 50.1 Å². The number of rotatable bonds is 5. The Morgan fingerprint density at radius 3 is 2.62 bits per heavy atom. The number of oxazole rings is 1. The van der Waals surface area contributed by atoms with E-state index in [-0.39, 0.29) is 0 Å². The van der Waals surface area contributed by atoms with E-state index in [1.54, 1.807) is 6.20 Å². The Morgan fingerprint density at radius 2 is 1.79 bits per heavy atom. The highest BCUT2D eigenvalue weighted by Crippen LogP contribution is 2.24. The maximum absolute atomic E-state index is 5.29. The van der Waals surface area contributed by atoms with Crippen LogP contribution in [0.5, 0.6) is 0 Å². The Morgan fingerprint density at radius 1 is 0.931 bits per heavy atom. The summed E-state index contributed by atoms with van der Waals surface area (Å²) >= 11 is 0. The van der Waals surface area contributed by atoms with Gasteiger partial charge in [0.1, 0.15) is 17.2 Å². The molecule has 5 rings (SSSR count). The molecule has 0 spiro atoms. The molecule has 1 saturated heterocycles. The molecule has 29 heavy (non-hydrogen) atoms. The standard InChI is InChI=1S/C21H21N7O/c1-14-11-23-21(26-16-5-7-19(22-12-16)28-8-2-3-9-28)27-20(14)25-15-4-6-18-17(10-15)24-13-29-18/h4-7,10-13H,2-3,8-9H2,1H3,(H2,23,25,26,27). The van der Waals surface area contributed by atoms with E-state index in [9.17, 15) is 0 Å². The average Bonchev–Trinajstić information content (AvgIpc) is 3.43. The van der Waals surface area contributed by atoms with Crippen LogP contribution in [0.15, 0.2) is 53.5 Å². The van der Waals surface area contributed by atoms with Crippen LogP contribution < -0.4 is 15.5 Å². The van der Waals surface area contributed by atoms with Gasteiger partial charge in [0.15, 0.2) is 12.0 Å². The Balaban J connectivity index is 1.33. The number of pyridine rings is 1. The molecule has 8 nitrogen and oxygen atoms in total. The molecule has 0 atom stereocenters. The van der Waals surface area contributed by atoms with Gasteiger partial charge in [-0.2, -0.15) is 4.98 Å². The molecule has 4 aromatic rings. The zero-order valence-electron chi connectivity index (χ0n) is 16.1. The van der Waals surface area contributed by atoms with Crippen LogP contribution in [0, 0.1) is 6.92 Å². The van der Waals surface area contributed by atoms with Gasteiger partial charge in [0.25, 0.3) is 0 Å². The fourth-order valence-electron chi connectivity index (χ4n) is 3.42. The van der Waals surface area contributed by atoms with E-state index >= 15 is 0 Å². The summed E-state index contributed by atoms with van der Waals surface area (Å²) in [4.78, 5) is 20.1. The molecular formula is C21H21N7O. The van der Waals surface area contributed by atoms with Crippen LogP contribution in [0.4, 0.5) is 29.0 Å². The summed E-state index contributed by atoms with van der Waals surface area (Å²) in [6.45, 7) is 4.12. The number of aromatic nitrogens is 4. The summed E-state index contributed by atoms with van der Waals surface area (Å²) in [5, 5.41) is 6.56. The van der Waals surface area contributed by atoms with Crippen LogP contribution >= 0.6 is 0 Å². The molecular weight excluding hydrogens is 366 g/mol. The second kappa shape index (κ2) is 7.38. The van der Waals surface area contributed by atoms with E-state index in [1.807, 2.05) is 43.5 Å². The first-order valence-electron chi connectivity index (χ1n) is 9.66. The van der Waals surface area contributed by atoms with Crippen LogP contribution in [-0.2, 0) is 0 Å². The SMILES string of the molecule is Cc1cnc(Nc2ccc(N3CCCC3)nc2)nc1Nc1ccc2ocnc2c1. The summed E-state index contributed by atoms with van der Waals surface area (Å²) in [7, 11) is 0. The molecule has 1 fully saturated rings. The smallest absolute Gasteiger partial charge is 0.229 e. The molecule has 0 amide bonds. The summed E-state index contributed by atoms with van der Waals surface area (Å²) < 4.78 is 5.29. The number of hydrogen-bond acceptors (Lipinski definition) is 8. The van der Waals surface area contributed by atoms with E-state index in [1.165, 1.54) is 19.2 Å². The molecule has 146 valence electrons. The second-order valence-corrected chi connectivity index (χ2v) is 7.11. The normalized spacial score (nSPS) is 13.8. The lowest BCUT2D eigenvalue weighted by atomic mass is 10.2. The highest BCUT2D eigenvalue weighted by atomic mass is 16.3. The van der Waals surface area contributed by atoms with Crippen molar-refractivity contribution < 1.29 is 4.42 Å². The Hall–Kier alpha value is -3.68. The monoisotopic (exact) mass is 387 g/mol. The first-order valence-corrected chi connectivity index (χ1v) is 9.66. The Kier molecular flexibility index (Phi) is 4.44. The van der Waals surface area contributed by atoms with Gasteiger partial charge in [0, 0.05) is 30.5 Å². The molecule has 0 unspecified atom stereocenters. The van der Waals surface area contributed by atoms with Crippen LogP contribution in [0.3, 0.4) is 0 Å². The lowest BCUT2D eigenvalue weighted by Gasteiger charge is -2.16. The van der Waals surface area contributed by atoms with Gasteiger partial charge in [-0.1, -0.05) is 0 Å². The predicted molar refractivity (Wildman–Crippen MR) is 113 cm³/mol. The lowest BCUT2D eigenvalue weighted by molar-refractivity contribution is 0.602. The van der Waals surface area contributed by atoms with Gasteiger partial charge in [0.2, 0.25) is 5.95 Å². The van der Waals surface area contributed by atoms with E-state index in [0.29, 0.717) is 5.95 Å². The Bertz CT molecular complexity index is 1130. The van der Waals surface area contributed by atoms with Crippen molar-refractivity contribution in [3.8, 4) is 0 Å². The van der Waals surface area contributed by atoms with Crippen molar-refractivity contribution in [2.75, 3.05) is 28.6 Å². The first-order chi connectivity index (χ1) is 14.2. The molecule has 0 radical (unpaired) electrons. The van der Waals surface area contributed by atoms with Crippen molar-refractivity contribution in [2.24, 2.45) is 0 Å². The van der Waals surface area contributed by atoms with E-state index in [2.05, 4.69) is 35.5 Å². The van der Waals surface area contributed by atoms with Gasteiger partial charge in [-0.3, -0.25) is 0 Å². The van der Waals surface area contributed by atoms with Crippen LogP contribution in [0.1, 0.15) is 18.4 Å². The second-order valence-electron chi connectivity index (χ2n) is 7.11. The zero-order valence-corrected chi connectivity index (χ0v) is 16.1. The fourth-order valence-corrected chi connectivity index (χ4v) is 3.42. The largest absolute Gasteiger partial charge is 0.443 e. The molecule has 2 N–H and O–H groups in total. The number of aryl methyl sites for hydroxylation is 1. The number of hydrogen-bond donors (Lipinski definition) is 2.